The van der Waals surface area contributed by atoms with E-state index in [4.69, 9.17) is 0 Å². The summed E-state index contributed by atoms with van der Waals surface area (Å²) in [6, 6.07) is 0. The van der Waals surface area contributed by atoms with Crippen molar-refractivity contribution in [2.75, 3.05) is 0 Å². The van der Waals surface area contributed by atoms with Gasteiger partial charge >= 0.3 is 0 Å². The summed E-state index contributed by atoms with van der Waals surface area (Å²) in [5.74, 6) is 1.08. The third kappa shape index (κ3) is 1.000. The van der Waals surface area contributed by atoms with E-state index < -0.39 is 0 Å². The Morgan fingerprint density at radius 3 is 1.67 bits per heavy atom. The fourth-order valence-electron chi connectivity index (χ4n) is 2.23. The van der Waals surface area contributed by atoms with Gasteiger partial charge in [0.15, 0.2) is 0 Å². The molecule has 0 radical (unpaired) electrons. The van der Waals surface area contributed by atoms with Gasteiger partial charge in [-0.2, -0.15) is 12.6 Å². The van der Waals surface area contributed by atoms with Crippen LogP contribution in [-0.2, 0) is 0 Å². The lowest BCUT2D eigenvalue weighted by atomic mass is 9.70. The van der Waals surface area contributed by atoms with Gasteiger partial charge in [0.2, 0.25) is 0 Å². The van der Waals surface area contributed by atoms with Crippen molar-refractivity contribution in [3.63, 3.8) is 0 Å². The summed E-state index contributed by atoms with van der Waals surface area (Å²) in [5, 5.41) is 0. The first kappa shape index (κ1) is 6.09. The van der Waals surface area contributed by atoms with E-state index >= 15 is 0 Å². The van der Waals surface area contributed by atoms with Gasteiger partial charge in [0.1, 0.15) is 0 Å². The molecule has 0 amide bonds. The normalized spacial score (nSPS) is 49.7. The Balaban J connectivity index is 2.11. The Morgan fingerprint density at radius 1 is 1.00 bits per heavy atom. The summed E-state index contributed by atoms with van der Waals surface area (Å²) in [6.07, 6.45) is 8.55. The van der Waals surface area contributed by atoms with Gasteiger partial charge in [-0.1, -0.05) is 0 Å². The van der Waals surface area contributed by atoms with E-state index in [1.165, 1.54) is 38.5 Å². The van der Waals surface area contributed by atoms with Crippen LogP contribution in [0.3, 0.4) is 0 Å². The molecule has 0 aromatic carbocycles. The summed E-state index contributed by atoms with van der Waals surface area (Å²) >= 11 is 4.69. The first-order valence-electron chi connectivity index (χ1n) is 4.01. The molecule has 0 saturated heterocycles. The molecule has 0 atom stereocenters. The number of rotatable bonds is 0. The first-order chi connectivity index (χ1) is 4.29. The lowest BCUT2D eigenvalue weighted by Crippen LogP contribution is -2.34. The highest BCUT2D eigenvalue weighted by molar-refractivity contribution is 7.81. The molecular formula is C8H14S. The van der Waals surface area contributed by atoms with Gasteiger partial charge in [-0.25, -0.2) is 0 Å². The number of hydrogen-bond acceptors (Lipinski definition) is 1. The van der Waals surface area contributed by atoms with Crippen molar-refractivity contribution in [2.45, 2.75) is 43.3 Å². The van der Waals surface area contributed by atoms with E-state index in [0.717, 1.165) is 5.92 Å². The van der Waals surface area contributed by atoms with E-state index in [2.05, 4.69) is 12.6 Å². The summed E-state index contributed by atoms with van der Waals surface area (Å²) < 4.78 is 0.481. The van der Waals surface area contributed by atoms with Crippen LogP contribution in [0.2, 0.25) is 0 Å². The van der Waals surface area contributed by atoms with E-state index in [1.54, 1.807) is 0 Å². The monoisotopic (exact) mass is 142 g/mol. The van der Waals surface area contributed by atoms with Gasteiger partial charge < -0.3 is 0 Å². The van der Waals surface area contributed by atoms with Crippen LogP contribution in [0.15, 0.2) is 0 Å². The van der Waals surface area contributed by atoms with Crippen LogP contribution in [-0.4, -0.2) is 4.75 Å². The smallest absolute Gasteiger partial charge is 0.0130 e. The van der Waals surface area contributed by atoms with Crippen molar-refractivity contribution >= 4 is 12.6 Å². The molecule has 3 saturated carbocycles. The van der Waals surface area contributed by atoms with Gasteiger partial charge in [-0.3, -0.25) is 0 Å². The van der Waals surface area contributed by atoms with Crippen molar-refractivity contribution in [1.29, 1.82) is 0 Å². The zero-order valence-electron chi connectivity index (χ0n) is 5.77. The second-order valence-corrected chi connectivity index (χ2v) is 4.66. The van der Waals surface area contributed by atoms with Gasteiger partial charge in [-0.05, 0) is 44.4 Å². The average molecular weight is 142 g/mol. The zero-order valence-corrected chi connectivity index (χ0v) is 6.66. The SMILES string of the molecule is SC12CCC(CC1)CC2. The fraction of sp³-hybridized carbons (Fsp3) is 1.00. The fourth-order valence-corrected chi connectivity index (χ4v) is 2.61. The second kappa shape index (κ2) is 1.91. The Hall–Kier alpha value is 0.350. The molecule has 0 heterocycles. The summed E-state index contributed by atoms with van der Waals surface area (Å²) in [7, 11) is 0. The first-order valence-corrected chi connectivity index (χ1v) is 4.46. The standard InChI is InChI=1S/C8H14S/c9-8-4-1-7(2-5-8)3-6-8/h7,9H,1-6H2. The lowest BCUT2D eigenvalue weighted by Gasteiger charge is -2.43. The molecule has 2 bridgehead atoms. The number of hydrogen-bond donors (Lipinski definition) is 1. The minimum absolute atomic E-state index is 0.481. The van der Waals surface area contributed by atoms with Gasteiger partial charge in [0.25, 0.3) is 0 Å². The third-order valence-electron chi connectivity index (χ3n) is 3.05. The molecule has 0 aliphatic heterocycles. The van der Waals surface area contributed by atoms with Crippen LogP contribution in [0.25, 0.3) is 0 Å². The lowest BCUT2D eigenvalue weighted by molar-refractivity contribution is 0.204. The Bertz CT molecular complexity index is 98.0. The molecule has 9 heavy (non-hydrogen) atoms. The molecule has 0 aromatic rings. The molecule has 0 spiro atoms. The quantitative estimate of drug-likeness (QED) is 0.494. The Labute approximate surface area is 62.4 Å². The maximum absolute atomic E-state index is 4.69. The summed E-state index contributed by atoms with van der Waals surface area (Å²) in [5.41, 5.74) is 0. The van der Waals surface area contributed by atoms with E-state index in [0.29, 0.717) is 4.75 Å². The van der Waals surface area contributed by atoms with Gasteiger partial charge in [0.05, 0.1) is 0 Å². The van der Waals surface area contributed by atoms with Crippen LogP contribution in [0, 0.1) is 5.92 Å². The average Bonchev–Trinajstić information content (AvgIpc) is 1.90. The van der Waals surface area contributed by atoms with Crippen LogP contribution >= 0.6 is 12.6 Å². The van der Waals surface area contributed by atoms with Gasteiger partial charge in [-0.15, -0.1) is 0 Å². The predicted molar refractivity (Wildman–Crippen MR) is 42.9 cm³/mol. The molecule has 0 aromatic heterocycles. The Kier molecular flexibility index (Phi) is 1.29. The third-order valence-corrected chi connectivity index (χ3v) is 3.72. The highest BCUT2D eigenvalue weighted by Crippen LogP contribution is 2.47. The van der Waals surface area contributed by atoms with Crippen LogP contribution < -0.4 is 0 Å². The van der Waals surface area contributed by atoms with Gasteiger partial charge in [0, 0.05) is 4.75 Å². The minimum atomic E-state index is 0.481. The highest BCUT2D eigenvalue weighted by atomic mass is 32.1. The van der Waals surface area contributed by atoms with Crippen molar-refractivity contribution in [2.24, 2.45) is 5.92 Å². The summed E-state index contributed by atoms with van der Waals surface area (Å²) in [6.45, 7) is 0. The molecule has 3 aliphatic rings. The predicted octanol–water partition coefficient (Wildman–Crippen LogP) is 2.64. The largest absolute Gasteiger partial charge is 0.173 e. The molecule has 52 valence electrons. The topological polar surface area (TPSA) is 0 Å². The highest BCUT2D eigenvalue weighted by Gasteiger charge is 2.37. The summed E-state index contributed by atoms with van der Waals surface area (Å²) in [4.78, 5) is 0. The van der Waals surface area contributed by atoms with E-state index in [9.17, 15) is 0 Å². The molecule has 3 fully saturated rings. The molecule has 0 N–H and O–H groups in total. The van der Waals surface area contributed by atoms with Crippen molar-refractivity contribution in [1.82, 2.24) is 0 Å². The molecule has 3 rings (SSSR count). The molecular weight excluding hydrogens is 128 g/mol. The van der Waals surface area contributed by atoms with Crippen LogP contribution in [0.4, 0.5) is 0 Å². The molecule has 1 heteroatoms. The second-order valence-electron chi connectivity index (χ2n) is 3.71. The van der Waals surface area contributed by atoms with E-state index in [1.807, 2.05) is 0 Å². The van der Waals surface area contributed by atoms with Crippen molar-refractivity contribution < 1.29 is 0 Å². The molecule has 3 aliphatic carbocycles. The maximum atomic E-state index is 4.69. The minimum Gasteiger partial charge on any atom is -0.173 e. The van der Waals surface area contributed by atoms with Crippen LogP contribution in [0.5, 0.6) is 0 Å². The van der Waals surface area contributed by atoms with E-state index in [-0.39, 0.29) is 0 Å². The molecule has 0 nitrogen and oxygen atoms in total. The zero-order chi connectivity index (χ0) is 6.32. The number of thiol groups is 1. The van der Waals surface area contributed by atoms with Crippen molar-refractivity contribution in [3.8, 4) is 0 Å². The van der Waals surface area contributed by atoms with Crippen molar-refractivity contribution in [3.05, 3.63) is 0 Å². The maximum Gasteiger partial charge on any atom is 0.0130 e. The number of fused-ring (bicyclic) bond motifs is 3. The molecule has 0 unspecified atom stereocenters. The van der Waals surface area contributed by atoms with Crippen LogP contribution in [0.1, 0.15) is 38.5 Å². The Morgan fingerprint density at radius 2 is 1.44 bits per heavy atom.